The largest absolute Gasteiger partial charge is 0.415 e. The Morgan fingerprint density at radius 1 is 1.00 bits per heavy atom. The number of fused-ring (bicyclic) bond motifs is 3. The lowest BCUT2D eigenvalue weighted by Crippen LogP contribution is -2.51. The number of carbonyl (C=O) groups is 2. The van der Waals surface area contributed by atoms with Crippen molar-refractivity contribution in [3.8, 4) is 16.9 Å². The van der Waals surface area contributed by atoms with Crippen LogP contribution < -0.4 is 10.1 Å². The lowest BCUT2D eigenvalue weighted by atomic mass is 9.78. The first-order chi connectivity index (χ1) is 14.9. The summed E-state index contributed by atoms with van der Waals surface area (Å²) < 4.78 is 5.41. The van der Waals surface area contributed by atoms with Crippen molar-refractivity contribution in [1.29, 1.82) is 0 Å². The van der Waals surface area contributed by atoms with Crippen LogP contribution in [-0.4, -0.2) is 54.5 Å². The number of nitrogens with zero attached hydrogens (tertiary/aromatic N) is 2. The zero-order valence-electron chi connectivity index (χ0n) is 18.5. The molecule has 1 atom stereocenters. The molecule has 2 bridgehead atoms. The molecular formula is C25H31N3O3. The molecular weight excluding hydrogens is 390 g/mol. The zero-order valence-corrected chi connectivity index (χ0v) is 18.5. The number of carbonyl (C=O) groups excluding carboxylic acids is 2. The van der Waals surface area contributed by atoms with Gasteiger partial charge in [-0.05, 0) is 81.1 Å². The molecule has 3 aliphatic rings. The number of amides is 2. The van der Waals surface area contributed by atoms with Gasteiger partial charge in [-0.25, -0.2) is 4.79 Å². The summed E-state index contributed by atoms with van der Waals surface area (Å²) in [5, 5.41) is 3.10. The third-order valence-electron chi connectivity index (χ3n) is 6.60. The summed E-state index contributed by atoms with van der Waals surface area (Å²) in [6, 6.07) is 15.4. The van der Waals surface area contributed by atoms with Crippen LogP contribution in [0, 0.1) is 11.8 Å². The Balaban J connectivity index is 1.36. The van der Waals surface area contributed by atoms with Gasteiger partial charge in [-0.15, -0.1) is 0 Å². The maximum absolute atomic E-state index is 12.7. The minimum atomic E-state index is -0.370. The minimum Gasteiger partial charge on any atom is -0.410 e. The van der Waals surface area contributed by atoms with E-state index in [2.05, 4.69) is 10.2 Å². The molecule has 31 heavy (non-hydrogen) atoms. The van der Waals surface area contributed by atoms with Crippen LogP contribution in [0.15, 0.2) is 48.5 Å². The Morgan fingerprint density at radius 2 is 1.58 bits per heavy atom. The molecule has 2 aromatic carbocycles. The molecule has 0 saturated carbocycles. The number of anilines is 1. The normalized spacial score (nSPS) is 22.3. The maximum atomic E-state index is 12.7. The van der Waals surface area contributed by atoms with Crippen molar-refractivity contribution in [2.75, 3.05) is 32.0 Å². The Bertz CT molecular complexity index is 916. The number of ether oxygens (including phenoxy) is 1. The third kappa shape index (κ3) is 4.90. The summed E-state index contributed by atoms with van der Waals surface area (Å²) in [5.41, 5.74) is 2.89. The number of hydrogen-bond acceptors (Lipinski definition) is 4. The highest BCUT2D eigenvalue weighted by Gasteiger charge is 2.38. The number of rotatable bonds is 5. The maximum Gasteiger partial charge on any atom is 0.415 e. The molecule has 3 heterocycles. The van der Waals surface area contributed by atoms with Gasteiger partial charge in [0.15, 0.2) is 0 Å². The monoisotopic (exact) mass is 421 g/mol. The average molecular weight is 422 g/mol. The zero-order chi connectivity index (χ0) is 22.0. The molecule has 0 aliphatic carbocycles. The highest BCUT2D eigenvalue weighted by molar-refractivity contribution is 5.93. The highest BCUT2D eigenvalue weighted by atomic mass is 16.6. The van der Waals surface area contributed by atoms with Crippen molar-refractivity contribution in [2.24, 2.45) is 11.8 Å². The van der Waals surface area contributed by atoms with Gasteiger partial charge in [0, 0.05) is 25.3 Å². The molecule has 2 amide bonds. The molecule has 1 N–H and O–H groups in total. The van der Waals surface area contributed by atoms with Crippen molar-refractivity contribution < 1.29 is 14.3 Å². The highest BCUT2D eigenvalue weighted by Crippen LogP contribution is 2.33. The second-order valence-electron chi connectivity index (χ2n) is 8.91. The lowest BCUT2D eigenvalue weighted by molar-refractivity contribution is -0.125. The van der Waals surface area contributed by atoms with Crippen LogP contribution >= 0.6 is 0 Å². The number of piperidine rings is 3. The fourth-order valence-corrected chi connectivity index (χ4v) is 4.34. The summed E-state index contributed by atoms with van der Waals surface area (Å²) in [4.78, 5) is 28.8. The molecule has 0 unspecified atom stereocenters. The molecule has 5 rings (SSSR count). The molecule has 3 fully saturated rings. The van der Waals surface area contributed by atoms with Crippen molar-refractivity contribution in [2.45, 2.75) is 32.7 Å². The van der Waals surface area contributed by atoms with Gasteiger partial charge >= 0.3 is 6.09 Å². The van der Waals surface area contributed by atoms with Crippen LogP contribution in [0.4, 0.5) is 10.5 Å². The third-order valence-corrected chi connectivity index (χ3v) is 6.60. The Labute approximate surface area is 184 Å². The van der Waals surface area contributed by atoms with Gasteiger partial charge in [-0.3, -0.25) is 4.79 Å². The Kier molecular flexibility index (Phi) is 6.28. The van der Waals surface area contributed by atoms with Crippen LogP contribution in [-0.2, 0) is 4.79 Å². The summed E-state index contributed by atoms with van der Waals surface area (Å²) in [6.07, 6.45) is 1.90. The topological polar surface area (TPSA) is 61.9 Å². The van der Waals surface area contributed by atoms with Crippen molar-refractivity contribution >= 4 is 17.7 Å². The quantitative estimate of drug-likeness (QED) is 0.774. The number of benzene rings is 2. The molecule has 6 heteroatoms. The molecule has 0 radical (unpaired) electrons. The van der Waals surface area contributed by atoms with Gasteiger partial charge in [0.1, 0.15) is 5.75 Å². The molecule has 3 aliphatic heterocycles. The fourth-order valence-electron chi connectivity index (χ4n) is 4.34. The van der Waals surface area contributed by atoms with E-state index in [1.165, 1.54) is 0 Å². The first-order valence-electron chi connectivity index (χ1n) is 11.1. The van der Waals surface area contributed by atoms with Gasteiger partial charge in [0.05, 0.1) is 5.92 Å². The van der Waals surface area contributed by atoms with Gasteiger partial charge in [0.2, 0.25) is 5.91 Å². The SMILES string of the molecule is CC(C)N(C)C(=O)Oc1ccc(-c2ccc(NC(=O)[C@H]3CN4CCC3CC4)cc2)cc1. The summed E-state index contributed by atoms with van der Waals surface area (Å²) in [7, 11) is 1.72. The van der Waals surface area contributed by atoms with Crippen LogP contribution in [0.5, 0.6) is 5.75 Å². The van der Waals surface area contributed by atoms with E-state index in [1.807, 2.05) is 50.2 Å². The van der Waals surface area contributed by atoms with E-state index < -0.39 is 0 Å². The second kappa shape index (κ2) is 9.10. The van der Waals surface area contributed by atoms with Gasteiger partial charge < -0.3 is 19.9 Å². The molecule has 0 aromatic heterocycles. The van der Waals surface area contributed by atoms with E-state index in [0.29, 0.717) is 11.7 Å². The first-order valence-corrected chi connectivity index (χ1v) is 11.1. The van der Waals surface area contributed by atoms with Crippen molar-refractivity contribution in [3.05, 3.63) is 48.5 Å². The number of hydrogen-bond donors (Lipinski definition) is 1. The van der Waals surface area contributed by atoms with Gasteiger partial charge in [-0.2, -0.15) is 0 Å². The molecule has 2 aromatic rings. The Hall–Kier alpha value is -2.86. The summed E-state index contributed by atoms with van der Waals surface area (Å²) in [6.45, 7) is 7.03. The van der Waals surface area contributed by atoms with Crippen molar-refractivity contribution in [3.63, 3.8) is 0 Å². The summed E-state index contributed by atoms with van der Waals surface area (Å²) in [5.74, 6) is 1.28. The predicted molar refractivity (Wildman–Crippen MR) is 122 cm³/mol. The van der Waals surface area contributed by atoms with E-state index >= 15 is 0 Å². The fraction of sp³-hybridized carbons (Fsp3) is 0.440. The van der Waals surface area contributed by atoms with Gasteiger partial charge in [0.25, 0.3) is 0 Å². The molecule has 164 valence electrons. The molecule has 0 spiro atoms. The van der Waals surface area contributed by atoms with E-state index in [-0.39, 0.29) is 24.0 Å². The van der Waals surface area contributed by atoms with Gasteiger partial charge in [-0.1, -0.05) is 24.3 Å². The van der Waals surface area contributed by atoms with Crippen molar-refractivity contribution in [1.82, 2.24) is 9.80 Å². The number of nitrogens with one attached hydrogen (secondary N) is 1. The van der Waals surface area contributed by atoms with Crippen LogP contribution in [0.2, 0.25) is 0 Å². The Morgan fingerprint density at radius 3 is 2.10 bits per heavy atom. The van der Waals surface area contributed by atoms with E-state index in [0.717, 1.165) is 49.3 Å². The van der Waals surface area contributed by atoms with E-state index in [1.54, 1.807) is 24.1 Å². The lowest BCUT2D eigenvalue weighted by Gasteiger charge is -2.43. The van der Waals surface area contributed by atoms with E-state index in [9.17, 15) is 9.59 Å². The first kappa shape index (κ1) is 21.4. The smallest absolute Gasteiger partial charge is 0.410 e. The average Bonchev–Trinajstić information content (AvgIpc) is 2.80. The van der Waals surface area contributed by atoms with Crippen LogP contribution in [0.25, 0.3) is 11.1 Å². The van der Waals surface area contributed by atoms with Crippen LogP contribution in [0.3, 0.4) is 0 Å². The van der Waals surface area contributed by atoms with E-state index in [4.69, 9.17) is 4.74 Å². The van der Waals surface area contributed by atoms with Crippen LogP contribution in [0.1, 0.15) is 26.7 Å². The second-order valence-corrected chi connectivity index (χ2v) is 8.91. The molecule has 3 saturated heterocycles. The standard InChI is InChI=1S/C25H31N3O3/c1-17(2)27(3)25(30)31-22-10-6-19(7-11-22)18-4-8-21(9-5-18)26-24(29)23-16-28-14-12-20(23)13-15-28/h4-11,17,20,23H,12-16H2,1-3H3,(H,26,29)/t23-/m0/s1. The summed E-state index contributed by atoms with van der Waals surface area (Å²) >= 11 is 0. The minimum absolute atomic E-state index is 0.0801. The predicted octanol–water partition coefficient (Wildman–Crippen LogP) is 4.47. The molecule has 6 nitrogen and oxygen atoms in total.